The molecule has 13 heavy (non-hydrogen) atoms. The van der Waals surface area contributed by atoms with Gasteiger partial charge in [0.1, 0.15) is 5.82 Å². The molecular formula is C10H12FNS. The van der Waals surface area contributed by atoms with E-state index in [-0.39, 0.29) is 11.9 Å². The van der Waals surface area contributed by atoms with Crippen molar-refractivity contribution in [3.05, 3.63) is 29.6 Å². The van der Waals surface area contributed by atoms with E-state index in [9.17, 15) is 4.39 Å². The molecule has 0 spiro atoms. The highest BCUT2D eigenvalue weighted by atomic mass is 32.2. The Morgan fingerprint density at radius 3 is 3.00 bits per heavy atom. The first kappa shape index (κ1) is 9.03. The minimum Gasteiger partial charge on any atom is -0.323 e. The van der Waals surface area contributed by atoms with Crippen LogP contribution in [0.5, 0.6) is 0 Å². The van der Waals surface area contributed by atoms with Gasteiger partial charge in [0.15, 0.2) is 0 Å². The molecule has 3 heteroatoms. The van der Waals surface area contributed by atoms with Crippen molar-refractivity contribution in [2.45, 2.75) is 29.5 Å². The molecule has 1 nitrogen and oxygen atoms in total. The molecule has 2 unspecified atom stereocenters. The average Bonchev–Trinajstić information content (AvgIpc) is 2.42. The Balaban J connectivity index is 2.38. The molecule has 1 aromatic carbocycles. The largest absolute Gasteiger partial charge is 0.323 e. The third kappa shape index (κ3) is 1.46. The van der Waals surface area contributed by atoms with Crippen LogP contribution in [0.3, 0.4) is 0 Å². The second-order valence-electron chi connectivity index (χ2n) is 3.27. The summed E-state index contributed by atoms with van der Waals surface area (Å²) in [6, 6.07) is 4.94. The summed E-state index contributed by atoms with van der Waals surface area (Å²) in [4.78, 5) is 1.01. The van der Waals surface area contributed by atoms with Gasteiger partial charge >= 0.3 is 0 Å². The normalized spacial score (nSPS) is 26.1. The van der Waals surface area contributed by atoms with Crippen LogP contribution in [0.1, 0.15) is 24.9 Å². The molecule has 0 fully saturated rings. The number of thioether (sulfide) groups is 1. The van der Waals surface area contributed by atoms with Crippen molar-refractivity contribution in [2.75, 3.05) is 0 Å². The van der Waals surface area contributed by atoms with E-state index >= 15 is 0 Å². The van der Waals surface area contributed by atoms with E-state index in [1.165, 1.54) is 6.07 Å². The Bertz CT molecular complexity index is 327. The highest BCUT2D eigenvalue weighted by Crippen LogP contribution is 2.44. The molecule has 0 radical (unpaired) electrons. The quantitative estimate of drug-likeness (QED) is 0.749. The van der Waals surface area contributed by atoms with Crippen molar-refractivity contribution in [3.63, 3.8) is 0 Å². The lowest BCUT2D eigenvalue weighted by Gasteiger charge is -2.11. The Labute approximate surface area is 81.5 Å². The highest BCUT2D eigenvalue weighted by molar-refractivity contribution is 8.00. The summed E-state index contributed by atoms with van der Waals surface area (Å²) in [6.07, 6.45) is 1.03. The van der Waals surface area contributed by atoms with E-state index in [1.807, 2.05) is 0 Å². The van der Waals surface area contributed by atoms with Gasteiger partial charge in [-0.3, -0.25) is 0 Å². The number of benzene rings is 1. The predicted octanol–water partition coefficient (Wildman–Crippen LogP) is 2.71. The van der Waals surface area contributed by atoms with Gasteiger partial charge in [0.05, 0.1) is 0 Å². The van der Waals surface area contributed by atoms with Crippen LogP contribution in [0.4, 0.5) is 4.39 Å². The maximum absolute atomic E-state index is 12.9. The molecule has 1 heterocycles. The summed E-state index contributed by atoms with van der Waals surface area (Å²) in [5, 5.41) is 0.414. The van der Waals surface area contributed by atoms with E-state index in [0.717, 1.165) is 16.9 Å². The van der Waals surface area contributed by atoms with Crippen LogP contribution in [0.2, 0.25) is 0 Å². The molecule has 2 N–H and O–H groups in total. The van der Waals surface area contributed by atoms with Crippen LogP contribution in [-0.2, 0) is 0 Å². The molecule has 2 atom stereocenters. The van der Waals surface area contributed by atoms with Crippen LogP contribution >= 0.6 is 11.8 Å². The maximum atomic E-state index is 12.9. The minimum atomic E-state index is -0.171. The third-order valence-corrected chi connectivity index (χ3v) is 3.95. The Kier molecular flexibility index (Phi) is 2.30. The molecule has 0 saturated carbocycles. The summed E-state index contributed by atoms with van der Waals surface area (Å²) in [6.45, 7) is 2.11. The molecule has 70 valence electrons. The van der Waals surface area contributed by atoms with Crippen LogP contribution < -0.4 is 5.73 Å². The Morgan fingerprint density at radius 2 is 2.31 bits per heavy atom. The number of hydrogen-bond donors (Lipinski definition) is 1. The zero-order valence-electron chi connectivity index (χ0n) is 7.46. The first-order chi connectivity index (χ1) is 6.22. The lowest BCUT2D eigenvalue weighted by molar-refractivity contribution is 0.618. The molecule has 2 rings (SSSR count). The lowest BCUT2D eigenvalue weighted by Crippen LogP contribution is -2.18. The summed E-state index contributed by atoms with van der Waals surface area (Å²) in [5.74, 6) is -0.171. The van der Waals surface area contributed by atoms with Gasteiger partial charge in [-0.05, 0) is 24.1 Å². The first-order valence-corrected chi connectivity index (χ1v) is 5.32. The van der Waals surface area contributed by atoms with Crippen LogP contribution in [0.15, 0.2) is 23.1 Å². The highest BCUT2D eigenvalue weighted by Gasteiger charge is 2.29. The zero-order chi connectivity index (χ0) is 9.42. The maximum Gasteiger partial charge on any atom is 0.124 e. The van der Waals surface area contributed by atoms with Gasteiger partial charge in [0, 0.05) is 16.2 Å². The minimum absolute atomic E-state index is 0.0746. The second kappa shape index (κ2) is 3.31. The summed E-state index contributed by atoms with van der Waals surface area (Å²) < 4.78 is 12.9. The monoisotopic (exact) mass is 197 g/mol. The number of hydrogen-bond acceptors (Lipinski definition) is 2. The number of fused-ring (bicyclic) bond motifs is 1. The van der Waals surface area contributed by atoms with E-state index in [4.69, 9.17) is 5.73 Å². The van der Waals surface area contributed by atoms with Gasteiger partial charge in [-0.1, -0.05) is 13.0 Å². The van der Waals surface area contributed by atoms with Crippen LogP contribution in [0.25, 0.3) is 0 Å². The van der Waals surface area contributed by atoms with Gasteiger partial charge in [0.25, 0.3) is 0 Å². The van der Waals surface area contributed by atoms with E-state index < -0.39 is 0 Å². The Morgan fingerprint density at radius 1 is 1.54 bits per heavy atom. The number of nitrogens with two attached hydrogens (primary N) is 1. The van der Waals surface area contributed by atoms with E-state index in [1.54, 1.807) is 23.9 Å². The van der Waals surface area contributed by atoms with Crippen molar-refractivity contribution >= 4 is 11.8 Å². The molecule has 1 aliphatic heterocycles. The van der Waals surface area contributed by atoms with Crippen LogP contribution in [0, 0.1) is 5.82 Å². The van der Waals surface area contributed by atoms with Gasteiger partial charge in [-0.25, -0.2) is 4.39 Å². The molecule has 0 aromatic heterocycles. The van der Waals surface area contributed by atoms with Crippen molar-refractivity contribution < 1.29 is 4.39 Å². The molecule has 0 aliphatic carbocycles. The topological polar surface area (TPSA) is 26.0 Å². The summed E-state index contributed by atoms with van der Waals surface area (Å²) >= 11 is 1.69. The Hall–Kier alpha value is -0.540. The smallest absolute Gasteiger partial charge is 0.124 e. The molecule has 0 bridgehead atoms. The second-order valence-corrected chi connectivity index (χ2v) is 4.55. The van der Waals surface area contributed by atoms with Crippen molar-refractivity contribution in [1.29, 1.82) is 0 Å². The van der Waals surface area contributed by atoms with Gasteiger partial charge in [0.2, 0.25) is 0 Å². The molecule has 1 aliphatic rings. The molecule has 0 amide bonds. The first-order valence-electron chi connectivity index (χ1n) is 4.44. The predicted molar refractivity (Wildman–Crippen MR) is 53.3 cm³/mol. The fraction of sp³-hybridized carbons (Fsp3) is 0.400. The van der Waals surface area contributed by atoms with E-state index in [2.05, 4.69) is 6.92 Å². The standard InChI is InChI=1S/C10H12FNS/c1-2-8-10(12)7-4-3-6(11)5-9(7)13-8/h3-5,8,10H,2,12H2,1H3. The van der Waals surface area contributed by atoms with Gasteiger partial charge < -0.3 is 5.73 Å². The molecular weight excluding hydrogens is 185 g/mol. The molecule has 1 aromatic rings. The summed E-state index contributed by atoms with van der Waals surface area (Å²) in [7, 11) is 0. The van der Waals surface area contributed by atoms with Gasteiger partial charge in [-0.15, -0.1) is 11.8 Å². The van der Waals surface area contributed by atoms with E-state index in [0.29, 0.717) is 5.25 Å². The van der Waals surface area contributed by atoms with Crippen LogP contribution in [-0.4, -0.2) is 5.25 Å². The zero-order valence-corrected chi connectivity index (χ0v) is 8.27. The van der Waals surface area contributed by atoms with Crippen molar-refractivity contribution in [1.82, 2.24) is 0 Å². The average molecular weight is 197 g/mol. The number of halogens is 1. The fourth-order valence-electron chi connectivity index (χ4n) is 1.66. The van der Waals surface area contributed by atoms with Gasteiger partial charge in [-0.2, -0.15) is 0 Å². The van der Waals surface area contributed by atoms with Crippen molar-refractivity contribution in [2.24, 2.45) is 5.73 Å². The third-order valence-electron chi connectivity index (χ3n) is 2.42. The van der Waals surface area contributed by atoms with Crippen molar-refractivity contribution in [3.8, 4) is 0 Å². The summed E-state index contributed by atoms with van der Waals surface area (Å²) in [5.41, 5.74) is 7.10. The number of rotatable bonds is 1. The lowest BCUT2D eigenvalue weighted by atomic mass is 10.0. The SMILES string of the molecule is CCC1Sc2cc(F)ccc2C1N. The fourth-order valence-corrected chi connectivity index (χ4v) is 2.97. The molecule has 0 saturated heterocycles.